The summed E-state index contributed by atoms with van der Waals surface area (Å²) in [7, 11) is 1.60. The van der Waals surface area contributed by atoms with E-state index in [1.807, 2.05) is 13.8 Å². The van der Waals surface area contributed by atoms with Crippen molar-refractivity contribution in [3.05, 3.63) is 23.4 Å². The van der Waals surface area contributed by atoms with E-state index >= 15 is 0 Å². The van der Waals surface area contributed by atoms with Crippen LogP contribution in [0.15, 0.2) is 6.07 Å². The van der Waals surface area contributed by atoms with Gasteiger partial charge in [-0.05, 0) is 20.3 Å². The Kier molecular flexibility index (Phi) is 4.19. The Bertz CT molecular complexity index is 644. The molecular formula is C14H20N6O2. The number of hydrogen-bond acceptors (Lipinski definition) is 7. The predicted molar refractivity (Wildman–Crippen MR) is 79.7 cm³/mol. The summed E-state index contributed by atoms with van der Waals surface area (Å²) in [4.78, 5) is 13.0. The maximum absolute atomic E-state index is 5.77. The van der Waals surface area contributed by atoms with Gasteiger partial charge in [0.05, 0.1) is 7.11 Å². The highest BCUT2D eigenvalue weighted by Gasteiger charge is 2.32. The molecule has 3 heterocycles. The van der Waals surface area contributed by atoms with Crippen molar-refractivity contribution in [1.29, 1.82) is 0 Å². The molecule has 118 valence electrons. The summed E-state index contributed by atoms with van der Waals surface area (Å²) in [5.41, 5.74) is 0.859. The maximum atomic E-state index is 5.77. The van der Waals surface area contributed by atoms with Gasteiger partial charge in [0.1, 0.15) is 11.9 Å². The number of aromatic amines is 1. The van der Waals surface area contributed by atoms with Crippen molar-refractivity contribution in [3.8, 4) is 5.88 Å². The van der Waals surface area contributed by atoms with E-state index in [1.54, 1.807) is 13.2 Å². The molecule has 2 N–H and O–H groups in total. The highest BCUT2D eigenvalue weighted by molar-refractivity contribution is 5.30. The molecule has 0 radical (unpaired) electrons. The minimum Gasteiger partial charge on any atom is -0.481 e. The lowest BCUT2D eigenvalue weighted by Crippen LogP contribution is -2.20. The number of aryl methyl sites for hydroxylation is 2. The largest absolute Gasteiger partial charge is 0.481 e. The zero-order valence-corrected chi connectivity index (χ0v) is 13.0. The Labute approximate surface area is 128 Å². The molecule has 1 saturated heterocycles. The van der Waals surface area contributed by atoms with Crippen LogP contribution >= 0.6 is 0 Å². The first kappa shape index (κ1) is 14.7. The fourth-order valence-electron chi connectivity index (χ4n) is 2.56. The minimum atomic E-state index is -0.0934. The van der Waals surface area contributed by atoms with E-state index in [4.69, 9.17) is 9.47 Å². The van der Waals surface area contributed by atoms with Gasteiger partial charge >= 0.3 is 0 Å². The average Bonchev–Trinajstić information content (AvgIpc) is 3.12. The van der Waals surface area contributed by atoms with Crippen molar-refractivity contribution in [2.75, 3.05) is 25.6 Å². The Balaban J connectivity index is 1.66. The summed E-state index contributed by atoms with van der Waals surface area (Å²) in [5, 5.41) is 10.3. The van der Waals surface area contributed by atoms with E-state index in [0.29, 0.717) is 30.8 Å². The van der Waals surface area contributed by atoms with E-state index in [1.165, 1.54) is 0 Å². The Morgan fingerprint density at radius 3 is 2.95 bits per heavy atom. The lowest BCUT2D eigenvalue weighted by Gasteiger charge is -2.16. The Hall–Kier alpha value is -2.22. The van der Waals surface area contributed by atoms with Crippen LogP contribution < -0.4 is 10.1 Å². The Morgan fingerprint density at radius 2 is 2.23 bits per heavy atom. The van der Waals surface area contributed by atoms with Gasteiger partial charge < -0.3 is 14.8 Å². The second-order valence-corrected chi connectivity index (χ2v) is 5.38. The highest BCUT2D eigenvalue weighted by Crippen LogP contribution is 2.32. The summed E-state index contributed by atoms with van der Waals surface area (Å²) in [6.45, 7) is 5.20. The van der Waals surface area contributed by atoms with Crippen molar-refractivity contribution < 1.29 is 9.47 Å². The molecule has 0 aromatic carbocycles. The van der Waals surface area contributed by atoms with Crippen LogP contribution in [0, 0.1) is 19.8 Å². The number of nitrogens with one attached hydrogen (secondary N) is 2. The molecule has 1 aliphatic heterocycles. The van der Waals surface area contributed by atoms with E-state index in [9.17, 15) is 0 Å². The van der Waals surface area contributed by atoms with Gasteiger partial charge in [-0.3, -0.25) is 5.10 Å². The molecule has 0 spiro atoms. The number of H-pyrrole nitrogens is 1. The van der Waals surface area contributed by atoms with Crippen LogP contribution in [0.2, 0.25) is 0 Å². The average molecular weight is 304 g/mol. The molecule has 0 bridgehead atoms. The number of aromatic nitrogens is 5. The molecule has 22 heavy (non-hydrogen) atoms. The van der Waals surface area contributed by atoms with Gasteiger partial charge in [0.2, 0.25) is 11.8 Å². The molecule has 2 aromatic heterocycles. The topological polar surface area (TPSA) is 97.8 Å². The van der Waals surface area contributed by atoms with E-state index in [0.717, 1.165) is 17.9 Å². The molecule has 8 nitrogen and oxygen atoms in total. The predicted octanol–water partition coefficient (Wildman–Crippen LogP) is 1.41. The zero-order chi connectivity index (χ0) is 15.5. The molecule has 0 unspecified atom stereocenters. The quantitative estimate of drug-likeness (QED) is 0.861. The van der Waals surface area contributed by atoms with Gasteiger partial charge in [-0.1, -0.05) is 0 Å². The maximum Gasteiger partial charge on any atom is 0.226 e. The fourth-order valence-corrected chi connectivity index (χ4v) is 2.56. The molecule has 0 aliphatic carbocycles. The number of nitrogens with zero attached hydrogens (tertiary/aromatic N) is 4. The number of methoxy groups -OCH3 is 1. The van der Waals surface area contributed by atoms with E-state index < -0.39 is 0 Å². The van der Waals surface area contributed by atoms with Crippen molar-refractivity contribution in [2.24, 2.45) is 5.92 Å². The third kappa shape index (κ3) is 3.16. The van der Waals surface area contributed by atoms with Gasteiger partial charge in [0.15, 0.2) is 5.82 Å². The first-order valence-corrected chi connectivity index (χ1v) is 7.30. The lowest BCUT2D eigenvalue weighted by molar-refractivity contribution is 0.0863. The van der Waals surface area contributed by atoms with E-state index in [-0.39, 0.29) is 12.0 Å². The van der Waals surface area contributed by atoms with Crippen molar-refractivity contribution in [1.82, 2.24) is 25.1 Å². The fraction of sp³-hybridized carbons (Fsp3) is 0.571. The van der Waals surface area contributed by atoms with Crippen molar-refractivity contribution in [3.63, 3.8) is 0 Å². The van der Waals surface area contributed by atoms with Gasteiger partial charge in [0.25, 0.3) is 0 Å². The summed E-state index contributed by atoms with van der Waals surface area (Å²) >= 11 is 0. The number of ether oxygens (including phenoxy) is 2. The molecule has 1 fully saturated rings. The smallest absolute Gasteiger partial charge is 0.226 e. The monoisotopic (exact) mass is 304 g/mol. The third-order valence-electron chi connectivity index (χ3n) is 3.65. The summed E-state index contributed by atoms with van der Waals surface area (Å²) in [6.07, 6.45) is 0.859. The zero-order valence-electron chi connectivity index (χ0n) is 13.0. The van der Waals surface area contributed by atoms with Crippen LogP contribution in [-0.4, -0.2) is 45.4 Å². The van der Waals surface area contributed by atoms with Gasteiger partial charge in [-0.2, -0.15) is 10.1 Å². The van der Waals surface area contributed by atoms with Gasteiger partial charge in [-0.25, -0.2) is 9.97 Å². The van der Waals surface area contributed by atoms with Gasteiger partial charge in [0, 0.05) is 30.8 Å². The number of anilines is 1. The lowest BCUT2D eigenvalue weighted by atomic mass is 10.0. The second kappa shape index (κ2) is 6.27. The van der Waals surface area contributed by atoms with Crippen LogP contribution in [0.25, 0.3) is 0 Å². The molecule has 8 heteroatoms. The summed E-state index contributed by atoms with van der Waals surface area (Å²) in [5.74, 6) is 2.91. The normalized spacial score (nSPS) is 21.0. The minimum absolute atomic E-state index is 0.0934. The first-order valence-electron chi connectivity index (χ1n) is 7.30. The first-order chi connectivity index (χ1) is 10.7. The molecule has 0 saturated carbocycles. The van der Waals surface area contributed by atoms with Crippen LogP contribution in [-0.2, 0) is 4.74 Å². The molecule has 3 rings (SSSR count). The van der Waals surface area contributed by atoms with Crippen molar-refractivity contribution in [2.45, 2.75) is 26.4 Å². The molecule has 2 aromatic rings. The number of hydrogen-bond donors (Lipinski definition) is 2. The van der Waals surface area contributed by atoms with Gasteiger partial charge in [-0.15, -0.1) is 0 Å². The highest BCUT2D eigenvalue weighted by atomic mass is 16.5. The SMILES string of the molecule is COc1cc(C)nc(NC[C@@H]2CCO[C@@H]2c2n[nH]c(C)n2)n1. The van der Waals surface area contributed by atoms with Crippen LogP contribution in [0.4, 0.5) is 5.95 Å². The van der Waals surface area contributed by atoms with Crippen LogP contribution in [0.1, 0.15) is 29.9 Å². The molecule has 2 atom stereocenters. The molecule has 0 amide bonds. The summed E-state index contributed by atoms with van der Waals surface area (Å²) < 4.78 is 10.9. The third-order valence-corrected chi connectivity index (χ3v) is 3.65. The van der Waals surface area contributed by atoms with Crippen LogP contribution in [0.3, 0.4) is 0 Å². The number of rotatable bonds is 5. The standard InChI is InChI=1S/C14H20N6O2/c1-8-6-11(21-3)18-14(16-8)15-7-10-4-5-22-12(10)13-17-9(2)19-20-13/h6,10,12H,4-5,7H2,1-3H3,(H,15,16,18)(H,17,19,20)/t10-,12-/m0/s1. The Morgan fingerprint density at radius 1 is 1.36 bits per heavy atom. The van der Waals surface area contributed by atoms with Crippen LogP contribution in [0.5, 0.6) is 5.88 Å². The second-order valence-electron chi connectivity index (χ2n) is 5.38. The molecular weight excluding hydrogens is 284 g/mol. The summed E-state index contributed by atoms with van der Waals surface area (Å²) in [6, 6.07) is 1.79. The molecule has 1 aliphatic rings. The van der Waals surface area contributed by atoms with E-state index in [2.05, 4.69) is 30.5 Å². The van der Waals surface area contributed by atoms with Crippen molar-refractivity contribution >= 4 is 5.95 Å².